The number of amides is 1. The van der Waals surface area contributed by atoms with Gasteiger partial charge in [-0.2, -0.15) is 0 Å². The fourth-order valence-corrected chi connectivity index (χ4v) is 2.78. The minimum atomic E-state index is -0.529. The number of carbonyl (C=O) groups excluding carboxylic acids is 2. The van der Waals surface area contributed by atoms with E-state index < -0.39 is 17.8 Å². The van der Waals surface area contributed by atoms with Crippen LogP contribution in [0.15, 0.2) is 36.4 Å². The Kier molecular flexibility index (Phi) is 6.86. The van der Waals surface area contributed by atoms with Gasteiger partial charge in [-0.25, -0.2) is 9.37 Å². The molecule has 1 aromatic heterocycles. The first-order valence-corrected chi connectivity index (χ1v) is 8.95. The van der Waals surface area contributed by atoms with Crippen molar-refractivity contribution in [3.8, 4) is 11.3 Å². The molecule has 0 aliphatic carbocycles. The second-order valence-corrected chi connectivity index (χ2v) is 6.92. The molecule has 2 aromatic rings. The largest absolute Gasteiger partial charge is 0.341 e. The Balaban J connectivity index is 2.23. The zero-order valence-electron chi connectivity index (χ0n) is 15.1. The van der Waals surface area contributed by atoms with Crippen LogP contribution in [0.2, 0.25) is 5.02 Å². The molecule has 1 N–H and O–H groups in total. The number of carbonyl (C=O) groups is 2. The number of hydrogen-bond acceptors (Lipinski definition) is 3. The van der Waals surface area contributed by atoms with Gasteiger partial charge in [0.25, 0.3) is 5.91 Å². The van der Waals surface area contributed by atoms with Gasteiger partial charge in [-0.15, -0.1) is 0 Å². The zero-order chi connectivity index (χ0) is 19.3. The van der Waals surface area contributed by atoms with Crippen LogP contribution in [0, 0.1) is 11.7 Å². The van der Waals surface area contributed by atoms with E-state index in [9.17, 15) is 14.0 Å². The molecule has 0 fully saturated rings. The summed E-state index contributed by atoms with van der Waals surface area (Å²) in [5.41, 5.74) is 1.30. The number of Topliss-reactive ketones (excluding diaryl/α,β-unsaturated/α-hetero) is 1. The molecule has 0 saturated carbocycles. The summed E-state index contributed by atoms with van der Waals surface area (Å²) >= 11 is 5.81. The van der Waals surface area contributed by atoms with Crippen LogP contribution in [-0.2, 0) is 4.79 Å². The van der Waals surface area contributed by atoms with Crippen LogP contribution in [0.3, 0.4) is 0 Å². The standard InChI is InChI=1S/C20H22ClFN2O2/c1-4-19(25)18(10-12(2)3)24-20(26)17-7-5-6-16(23-17)13-8-9-15(22)14(21)11-13/h5-9,11-12,18H,4,10H2,1-3H3,(H,24,26)/t18-/m0/s1. The lowest BCUT2D eigenvalue weighted by atomic mass is 9.99. The van der Waals surface area contributed by atoms with Crippen molar-refractivity contribution in [1.29, 1.82) is 0 Å². The Morgan fingerprint density at radius 1 is 1.23 bits per heavy atom. The summed E-state index contributed by atoms with van der Waals surface area (Å²) in [7, 11) is 0. The Hall–Kier alpha value is -2.27. The lowest BCUT2D eigenvalue weighted by Gasteiger charge is -2.19. The molecule has 0 radical (unpaired) electrons. The molecule has 0 saturated heterocycles. The van der Waals surface area contributed by atoms with Gasteiger partial charge in [-0.3, -0.25) is 9.59 Å². The number of nitrogens with zero attached hydrogens (tertiary/aromatic N) is 1. The van der Waals surface area contributed by atoms with Crippen molar-refractivity contribution in [2.24, 2.45) is 5.92 Å². The molecule has 138 valence electrons. The number of hydrogen-bond donors (Lipinski definition) is 1. The molecule has 6 heteroatoms. The average molecular weight is 377 g/mol. The number of nitrogens with one attached hydrogen (secondary N) is 1. The van der Waals surface area contributed by atoms with E-state index in [0.29, 0.717) is 24.1 Å². The van der Waals surface area contributed by atoms with E-state index >= 15 is 0 Å². The van der Waals surface area contributed by atoms with Crippen LogP contribution in [0.25, 0.3) is 11.3 Å². The average Bonchev–Trinajstić information content (AvgIpc) is 2.62. The Bertz CT molecular complexity index is 808. The number of aromatic nitrogens is 1. The molecule has 0 aliphatic heterocycles. The molecule has 4 nitrogen and oxygen atoms in total. The molecule has 1 amide bonds. The summed E-state index contributed by atoms with van der Waals surface area (Å²) in [5.74, 6) is -0.656. The molecule has 1 heterocycles. The van der Waals surface area contributed by atoms with E-state index in [2.05, 4.69) is 10.3 Å². The number of pyridine rings is 1. The summed E-state index contributed by atoms with van der Waals surface area (Å²) in [6.07, 6.45) is 0.935. The van der Waals surface area contributed by atoms with Crippen molar-refractivity contribution < 1.29 is 14.0 Å². The van der Waals surface area contributed by atoms with Gasteiger partial charge < -0.3 is 5.32 Å². The van der Waals surface area contributed by atoms with E-state index in [1.165, 1.54) is 12.1 Å². The van der Waals surface area contributed by atoms with Crippen molar-refractivity contribution in [2.75, 3.05) is 0 Å². The molecular formula is C20H22ClFN2O2. The normalized spacial score (nSPS) is 12.1. The molecule has 0 unspecified atom stereocenters. The van der Waals surface area contributed by atoms with E-state index in [4.69, 9.17) is 11.6 Å². The fourth-order valence-electron chi connectivity index (χ4n) is 2.60. The second-order valence-electron chi connectivity index (χ2n) is 6.51. The van der Waals surface area contributed by atoms with Crippen molar-refractivity contribution in [2.45, 2.75) is 39.7 Å². The van der Waals surface area contributed by atoms with Gasteiger partial charge in [-0.05, 0) is 42.7 Å². The van der Waals surface area contributed by atoms with Crippen LogP contribution < -0.4 is 5.32 Å². The van der Waals surface area contributed by atoms with Gasteiger partial charge in [0.05, 0.1) is 16.8 Å². The number of benzene rings is 1. The predicted molar refractivity (Wildman–Crippen MR) is 101 cm³/mol. The minimum absolute atomic E-state index is 0.00600. The van der Waals surface area contributed by atoms with Gasteiger partial charge in [0.2, 0.25) is 0 Å². The first kappa shape index (κ1) is 20.0. The summed E-state index contributed by atoms with van der Waals surface area (Å²) < 4.78 is 13.3. The smallest absolute Gasteiger partial charge is 0.270 e. The highest BCUT2D eigenvalue weighted by Gasteiger charge is 2.21. The molecule has 1 atom stereocenters. The quantitative estimate of drug-likeness (QED) is 0.764. The Morgan fingerprint density at radius 2 is 1.96 bits per heavy atom. The molecule has 0 spiro atoms. The zero-order valence-corrected chi connectivity index (χ0v) is 15.8. The Labute approximate surface area is 157 Å². The van der Waals surface area contributed by atoms with Crippen molar-refractivity contribution >= 4 is 23.3 Å². The highest BCUT2D eigenvalue weighted by atomic mass is 35.5. The molecule has 2 rings (SSSR count). The summed E-state index contributed by atoms with van der Waals surface area (Å²) in [4.78, 5) is 29.0. The van der Waals surface area contributed by atoms with E-state index in [0.717, 1.165) is 0 Å². The molecule has 0 aliphatic rings. The maximum absolute atomic E-state index is 13.3. The second kappa shape index (κ2) is 8.90. The van der Waals surface area contributed by atoms with Gasteiger partial charge in [0.15, 0.2) is 5.78 Å². The third-order valence-electron chi connectivity index (χ3n) is 3.95. The van der Waals surface area contributed by atoms with Gasteiger partial charge >= 0.3 is 0 Å². The third kappa shape index (κ3) is 5.11. The van der Waals surface area contributed by atoms with Crippen LogP contribution in [0.4, 0.5) is 4.39 Å². The maximum atomic E-state index is 13.3. The van der Waals surface area contributed by atoms with Gasteiger partial charge in [0.1, 0.15) is 11.5 Å². The summed E-state index contributed by atoms with van der Waals surface area (Å²) in [6.45, 7) is 5.78. The van der Waals surface area contributed by atoms with E-state index in [1.54, 1.807) is 31.2 Å². The highest BCUT2D eigenvalue weighted by molar-refractivity contribution is 6.31. The van der Waals surface area contributed by atoms with Gasteiger partial charge in [-0.1, -0.05) is 38.4 Å². The fraction of sp³-hybridized carbons (Fsp3) is 0.350. The minimum Gasteiger partial charge on any atom is -0.341 e. The van der Waals surface area contributed by atoms with Crippen LogP contribution in [0.1, 0.15) is 44.1 Å². The monoisotopic (exact) mass is 376 g/mol. The van der Waals surface area contributed by atoms with Crippen molar-refractivity contribution in [3.63, 3.8) is 0 Å². The van der Waals surface area contributed by atoms with Crippen molar-refractivity contribution in [3.05, 3.63) is 52.9 Å². The molecule has 0 bridgehead atoms. The first-order valence-electron chi connectivity index (χ1n) is 8.57. The lowest BCUT2D eigenvalue weighted by Crippen LogP contribution is -2.41. The first-order chi connectivity index (χ1) is 12.3. The predicted octanol–water partition coefficient (Wildman–Crippen LogP) is 4.66. The van der Waals surface area contributed by atoms with E-state index in [1.807, 2.05) is 13.8 Å². The van der Waals surface area contributed by atoms with Crippen LogP contribution in [-0.4, -0.2) is 22.7 Å². The molecule has 26 heavy (non-hydrogen) atoms. The molecular weight excluding hydrogens is 355 g/mol. The van der Waals surface area contributed by atoms with Gasteiger partial charge in [0, 0.05) is 12.0 Å². The highest BCUT2D eigenvalue weighted by Crippen LogP contribution is 2.23. The molecule has 1 aromatic carbocycles. The van der Waals surface area contributed by atoms with Crippen LogP contribution >= 0.6 is 11.6 Å². The van der Waals surface area contributed by atoms with Crippen LogP contribution in [0.5, 0.6) is 0 Å². The van der Waals surface area contributed by atoms with E-state index in [-0.39, 0.29) is 22.4 Å². The summed E-state index contributed by atoms with van der Waals surface area (Å²) in [5, 5.41) is 2.77. The number of rotatable bonds is 7. The number of ketones is 1. The maximum Gasteiger partial charge on any atom is 0.270 e. The SMILES string of the molecule is CCC(=O)[C@H](CC(C)C)NC(=O)c1cccc(-c2ccc(F)c(Cl)c2)n1. The third-order valence-corrected chi connectivity index (χ3v) is 4.24. The summed E-state index contributed by atoms with van der Waals surface area (Å²) in [6, 6.07) is 8.71. The van der Waals surface area contributed by atoms with Crippen molar-refractivity contribution in [1.82, 2.24) is 10.3 Å². The lowest BCUT2D eigenvalue weighted by molar-refractivity contribution is -0.120. The topological polar surface area (TPSA) is 59.1 Å². The number of halogens is 2. The Morgan fingerprint density at radius 3 is 2.58 bits per heavy atom.